The molecule has 0 spiro atoms. The van der Waals surface area contributed by atoms with Crippen molar-refractivity contribution >= 4 is 23.4 Å². The van der Waals surface area contributed by atoms with E-state index in [9.17, 15) is 10.1 Å². The number of amides is 1. The van der Waals surface area contributed by atoms with Gasteiger partial charge in [0.25, 0.3) is 5.91 Å². The van der Waals surface area contributed by atoms with Crippen molar-refractivity contribution in [3.05, 3.63) is 78.0 Å². The van der Waals surface area contributed by atoms with Gasteiger partial charge in [0.1, 0.15) is 11.6 Å². The second-order valence-corrected chi connectivity index (χ2v) is 6.67. The van der Waals surface area contributed by atoms with Crippen molar-refractivity contribution in [2.75, 3.05) is 41.3 Å². The maximum Gasteiger partial charge on any atom is 0.256 e. The molecule has 1 aliphatic rings. The predicted molar refractivity (Wildman–Crippen MR) is 112 cm³/mol. The summed E-state index contributed by atoms with van der Waals surface area (Å²) >= 11 is 0. The Morgan fingerprint density at radius 2 is 1.55 bits per heavy atom. The highest BCUT2D eigenvalue weighted by Crippen LogP contribution is 2.20. The quantitative estimate of drug-likeness (QED) is 0.744. The Hall–Kier alpha value is -3.92. The third kappa shape index (κ3) is 4.17. The molecule has 0 saturated carbocycles. The first-order valence-corrected chi connectivity index (χ1v) is 9.43. The molecule has 7 nitrogen and oxygen atoms in total. The fraction of sp³-hybridized carbons (Fsp3) is 0.182. The summed E-state index contributed by atoms with van der Waals surface area (Å²) in [6, 6.07) is 21.2. The predicted octanol–water partition coefficient (Wildman–Crippen LogP) is 2.93. The molecule has 2 aromatic carbocycles. The maximum absolute atomic E-state index is 12.5. The van der Waals surface area contributed by atoms with E-state index in [-0.39, 0.29) is 17.3 Å². The SMILES string of the molecule is N#Cc1cnc(N2CCN(c3ccccc3)CC2)nc1NC(=O)c1ccccc1. The summed E-state index contributed by atoms with van der Waals surface area (Å²) in [6.07, 6.45) is 1.46. The van der Waals surface area contributed by atoms with Gasteiger partial charge >= 0.3 is 0 Å². The lowest BCUT2D eigenvalue weighted by molar-refractivity contribution is 0.102. The number of carbonyl (C=O) groups excluding carboxylic acids is 1. The number of nitriles is 1. The minimum Gasteiger partial charge on any atom is -0.368 e. The number of aromatic nitrogens is 2. The Kier molecular flexibility index (Phi) is 5.34. The van der Waals surface area contributed by atoms with E-state index < -0.39 is 0 Å². The molecule has 144 valence electrons. The van der Waals surface area contributed by atoms with E-state index in [1.165, 1.54) is 11.9 Å². The van der Waals surface area contributed by atoms with Crippen LogP contribution in [0, 0.1) is 11.3 Å². The Labute approximate surface area is 169 Å². The zero-order chi connectivity index (χ0) is 20.1. The molecule has 0 atom stereocenters. The number of nitrogens with one attached hydrogen (secondary N) is 1. The number of anilines is 3. The van der Waals surface area contributed by atoms with Gasteiger partial charge in [0.2, 0.25) is 5.95 Å². The number of hydrogen-bond donors (Lipinski definition) is 1. The van der Waals surface area contributed by atoms with Gasteiger partial charge in [-0.25, -0.2) is 4.98 Å². The molecule has 0 radical (unpaired) electrons. The van der Waals surface area contributed by atoms with Gasteiger partial charge in [-0.3, -0.25) is 4.79 Å². The third-order valence-corrected chi connectivity index (χ3v) is 4.85. The summed E-state index contributed by atoms with van der Waals surface area (Å²) < 4.78 is 0. The first kappa shape index (κ1) is 18.4. The topological polar surface area (TPSA) is 85.2 Å². The van der Waals surface area contributed by atoms with Gasteiger partial charge < -0.3 is 15.1 Å². The van der Waals surface area contributed by atoms with E-state index in [1.807, 2.05) is 30.3 Å². The molecule has 7 heteroatoms. The van der Waals surface area contributed by atoms with Crippen LogP contribution in [0.4, 0.5) is 17.5 Å². The molecule has 0 unspecified atom stereocenters. The summed E-state index contributed by atoms with van der Waals surface area (Å²) in [4.78, 5) is 25.7. The van der Waals surface area contributed by atoms with Crippen molar-refractivity contribution < 1.29 is 4.79 Å². The molecular weight excluding hydrogens is 364 g/mol. The Bertz CT molecular complexity index is 1020. The van der Waals surface area contributed by atoms with Crippen molar-refractivity contribution in [1.82, 2.24) is 9.97 Å². The summed E-state index contributed by atoms with van der Waals surface area (Å²) in [5.41, 5.74) is 1.94. The average molecular weight is 384 g/mol. The van der Waals surface area contributed by atoms with E-state index in [0.717, 1.165) is 26.2 Å². The number of rotatable bonds is 4. The molecule has 1 N–H and O–H groups in total. The fourth-order valence-electron chi connectivity index (χ4n) is 3.27. The Balaban J connectivity index is 1.48. The van der Waals surface area contributed by atoms with Gasteiger partial charge in [0, 0.05) is 37.4 Å². The van der Waals surface area contributed by atoms with Crippen LogP contribution in [-0.4, -0.2) is 42.1 Å². The number of para-hydroxylation sites is 1. The van der Waals surface area contributed by atoms with Gasteiger partial charge in [-0.2, -0.15) is 10.2 Å². The molecule has 29 heavy (non-hydrogen) atoms. The first-order chi connectivity index (χ1) is 14.2. The highest BCUT2D eigenvalue weighted by molar-refractivity contribution is 6.04. The number of benzene rings is 2. The molecule has 0 aliphatic carbocycles. The number of carbonyl (C=O) groups is 1. The second-order valence-electron chi connectivity index (χ2n) is 6.67. The molecule has 1 amide bonds. The third-order valence-electron chi connectivity index (χ3n) is 4.85. The maximum atomic E-state index is 12.5. The molecule has 3 aromatic rings. The molecule has 1 aliphatic heterocycles. The van der Waals surface area contributed by atoms with Gasteiger partial charge in [0.05, 0.1) is 6.20 Å². The van der Waals surface area contributed by atoms with Crippen LogP contribution >= 0.6 is 0 Å². The van der Waals surface area contributed by atoms with E-state index in [0.29, 0.717) is 11.5 Å². The van der Waals surface area contributed by atoms with Crippen molar-refractivity contribution in [2.24, 2.45) is 0 Å². The molecular formula is C22H20N6O. The first-order valence-electron chi connectivity index (χ1n) is 9.43. The zero-order valence-electron chi connectivity index (χ0n) is 15.8. The molecule has 1 fully saturated rings. The van der Waals surface area contributed by atoms with Crippen LogP contribution in [0.3, 0.4) is 0 Å². The van der Waals surface area contributed by atoms with E-state index >= 15 is 0 Å². The van der Waals surface area contributed by atoms with Crippen LogP contribution in [-0.2, 0) is 0 Å². The minimum atomic E-state index is -0.305. The van der Waals surface area contributed by atoms with Gasteiger partial charge in [-0.15, -0.1) is 0 Å². The molecule has 0 bridgehead atoms. The number of hydrogen-bond acceptors (Lipinski definition) is 6. The fourth-order valence-corrected chi connectivity index (χ4v) is 3.27. The summed E-state index contributed by atoms with van der Waals surface area (Å²) in [7, 11) is 0. The number of piperazine rings is 1. The lowest BCUT2D eigenvalue weighted by atomic mass is 10.2. The standard InChI is InChI=1S/C22H20N6O/c23-15-18-16-24-22(26-20(18)25-21(29)17-7-3-1-4-8-17)28-13-11-27(12-14-28)19-9-5-2-6-10-19/h1-10,16H,11-14H2,(H,24,25,26,29). The zero-order valence-corrected chi connectivity index (χ0v) is 15.8. The molecule has 4 rings (SSSR count). The van der Waals surface area contributed by atoms with E-state index in [1.54, 1.807) is 24.3 Å². The number of nitrogens with zero attached hydrogens (tertiary/aromatic N) is 5. The Morgan fingerprint density at radius 3 is 2.21 bits per heavy atom. The average Bonchev–Trinajstić information content (AvgIpc) is 2.80. The van der Waals surface area contributed by atoms with E-state index in [2.05, 4.69) is 37.2 Å². The smallest absolute Gasteiger partial charge is 0.256 e. The normalized spacial score (nSPS) is 13.6. The second kappa shape index (κ2) is 8.40. The van der Waals surface area contributed by atoms with Gasteiger partial charge in [-0.05, 0) is 24.3 Å². The molecule has 1 aromatic heterocycles. The van der Waals surface area contributed by atoms with Crippen LogP contribution in [0.2, 0.25) is 0 Å². The largest absolute Gasteiger partial charge is 0.368 e. The van der Waals surface area contributed by atoms with Crippen LogP contribution in [0.1, 0.15) is 15.9 Å². The highest BCUT2D eigenvalue weighted by atomic mass is 16.1. The molecule has 1 saturated heterocycles. The Morgan fingerprint density at radius 1 is 0.931 bits per heavy atom. The molecule has 2 heterocycles. The monoisotopic (exact) mass is 384 g/mol. The van der Waals surface area contributed by atoms with Crippen molar-refractivity contribution in [2.45, 2.75) is 0 Å². The summed E-state index contributed by atoms with van der Waals surface area (Å²) in [5.74, 6) is 0.442. The minimum absolute atomic E-state index is 0.233. The van der Waals surface area contributed by atoms with Crippen LogP contribution in [0.5, 0.6) is 0 Å². The van der Waals surface area contributed by atoms with Crippen LogP contribution in [0.25, 0.3) is 0 Å². The van der Waals surface area contributed by atoms with Crippen molar-refractivity contribution in [3.63, 3.8) is 0 Å². The summed E-state index contributed by atoms with van der Waals surface area (Å²) in [6.45, 7) is 3.21. The summed E-state index contributed by atoms with van der Waals surface area (Å²) in [5, 5.41) is 12.1. The van der Waals surface area contributed by atoms with Crippen LogP contribution in [0.15, 0.2) is 66.9 Å². The van der Waals surface area contributed by atoms with Crippen molar-refractivity contribution in [3.8, 4) is 6.07 Å². The highest BCUT2D eigenvalue weighted by Gasteiger charge is 2.21. The van der Waals surface area contributed by atoms with Gasteiger partial charge in [0.15, 0.2) is 5.82 Å². The van der Waals surface area contributed by atoms with E-state index in [4.69, 9.17) is 0 Å². The lowest BCUT2D eigenvalue weighted by Gasteiger charge is -2.36. The lowest BCUT2D eigenvalue weighted by Crippen LogP contribution is -2.47. The van der Waals surface area contributed by atoms with Gasteiger partial charge in [-0.1, -0.05) is 36.4 Å². The van der Waals surface area contributed by atoms with Crippen molar-refractivity contribution in [1.29, 1.82) is 5.26 Å². The van der Waals surface area contributed by atoms with Crippen LogP contribution < -0.4 is 15.1 Å².